The molecule has 2 N–H and O–H groups in total. The Kier molecular flexibility index (Phi) is 41.5. The molecule has 0 aliphatic heterocycles. The fourth-order valence-corrected chi connectivity index (χ4v) is 8.94. The third kappa shape index (κ3) is 30.5. The van der Waals surface area contributed by atoms with Crippen LogP contribution in [0.25, 0.3) is 22.7 Å². The number of benzene rings is 6. The van der Waals surface area contributed by atoms with Gasteiger partial charge in [-0.1, -0.05) is 108 Å². The molecule has 28 heteroatoms. The molecule has 0 fully saturated rings. The van der Waals surface area contributed by atoms with Crippen LogP contribution < -0.4 is 71.8 Å². The van der Waals surface area contributed by atoms with Crippen LogP contribution in [-0.4, -0.2) is 151 Å². The second-order valence-electron chi connectivity index (χ2n) is 18.1. The molecule has 6 aromatic carbocycles. The van der Waals surface area contributed by atoms with Gasteiger partial charge in [-0.2, -0.15) is 20.4 Å². The number of rotatable bonds is 16. The quantitative estimate of drug-likeness (QED) is 0.0305. The van der Waals surface area contributed by atoms with Crippen molar-refractivity contribution in [2.45, 2.75) is 39.5 Å². The van der Waals surface area contributed by atoms with E-state index in [2.05, 4.69) is 105 Å². The number of nitrogens with one attached hydrogen (secondary N) is 1. The number of anilines is 3. The van der Waals surface area contributed by atoms with Gasteiger partial charge in [-0.25, -0.2) is 23.4 Å². The maximum absolute atomic E-state index is 12.4. The summed E-state index contributed by atoms with van der Waals surface area (Å²) in [5.41, 5.74) is 10.6. The van der Waals surface area contributed by atoms with E-state index < -0.39 is 14.2 Å². The number of halogens is 4. The van der Waals surface area contributed by atoms with E-state index in [1.54, 1.807) is 51.2 Å². The monoisotopic (exact) mass is 1630 g/mol. The molecule has 1 atom stereocenters. The molecule has 0 aliphatic carbocycles. The van der Waals surface area contributed by atoms with Crippen LogP contribution in [0.1, 0.15) is 36.6 Å². The third-order valence-corrected chi connectivity index (χ3v) is 13.0. The van der Waals surface area contributed by atoms with Gasteiger partial charge in [0.05, 0.1) is 57.8 Å². The van der Waals surface area contributed by atoms with Gasteiger partial charge in [0.15, 0.2) is 0 Å². The number of carboxylic acid groups (broad SMARTS) is 1. The summed E-state index contributed by atoms with van der Waals surface area (Å²) >= 11 is 18.9. The molecular weight excluding hydrogens is 1580 g/mol. The first-order valence-electron chi connectivity index (χ1n) is 26.6. The van der Waals surface area contributed by atoms with Crippen molar-refractivity contribution in [3.05, 3.63) is 243 Å². The van der Waals surface area contributed by atoms with Crippen LogP contribution in [-0.2, 0) is 62.1 Å². The van der Waals surface area contributed by atoms with Crippen molar-refractivity contribution < 1.29 is 103 Å². The van der Waals surface area contributed by atoms with Crippen molar-refractivity contribution in [2.24, 2.45) is 0 Å². The molecule has 4 heterocycles. The van der Waals surface area contributed by atoms with Gasteiger partial charge in [0, 0.05) is 63.4 Å². The van der Waals surface area contributed by atoms with Gasteiger partial charge in [0.1, 0.15) is 0 Å². The van der Waals surface area contributed by atoms with E-state index in [0.29, 0.717) is 0 Å². The first-order chi connectivity index (χ1) is 41.9. The van der Waals surface area contributed by atoms with E-state index in [-0.39, 0.29) is 69.7 Å². The van der Waals surface area contributed by atoms with Gasteiger partial charge in [0.2, 0.25) is 11.8 Å². The molecule has 19 nitrogen and oxygen atoms in total. The van der Waals surface area contributed by atoms with Crippen LogP contribution in [0.2, 0.25) is 0 Å². The van der Waals surface area contributed by atoms with Crippen molar-refractivity contribution >= 4 is 174 Å². The number of amides is 2. The van der Waals surface area contributed by atoms with E-state index in [4.69, 9.17) is 30.0 Å². The van der Waals surface area contributed by atoms with Crippen LogP contribution in [0.15, 0.2) is 220 Å². The van der Waals surface area contributed by atoms with E-state index in [9.17, 15) is 14.4 Å². The molecule has 10 rings (SSSR count). The normalized spacial score (nSPS) is 10.2. The molecule has 0 aliphatic rings. The molecule has 0 radical (unpaired) electrons. The van der Waals surface area contributed by atoms with Crippen molar-refractivity contribution in [1.29, 1.82) is 0 Å². The first kappa shape index (κ1) is 80.3. The van der Waals surface area contributed by atoms with Gasteiger partial charge in [0.25, 0.3) is 0 Å². The number of aliphatic carboxylic acids is 1. The Morgan fingerprint density at radius 3 is 1.17 bits per heavy atom. The van der Waals surface area contributed by atoms with Crippen LogP contribution in [0.3, 0.4) is 0 Å². The zero-order chi connectivity index (χ0) is 63.7. The second kappa shape index (κ2) is 45.4. The number of carboxylic acids is 1. The molecule has 0 saturated carbocycles. The number of hydrogen-bond donors (Lipinski definition) is 2. The summed E-state index contributed by atoms with van der Waals surface area (Å²) in [7, 11) is 0.279. The fourth-order valence-electron chi connectivity index (χ4n) is 7.78. The summed E-state index contributed by atoms with van der Waals surface area (Å²) in [5.74, 6) is -0.868. The SMILES string of the molecule is Brc1cccc(-n2ccc(CCc3ccn(-c4cccc(Br)c4)n3)n2)c1.CC(=O)N(c1ccccc1)c1cccc(-n2ccc(CCc3ccn(-c4cccc(Br)c4)n3)n2)c1.CC(=O)Nc1ccccc1.CN(C)CC(=O)O.O=[P+]([O-])O[O-].[Cu][I].[K+].[K][K]. The van der Waals surface area contributed by atoms with Crippen molar-refractivity contribution in [2.75, 3.05) is 30.9 Å². The van der Waals surface area contributed by atoms with Crippen molar-refractivity contribution in [3.63, 3.8) is 0 Å². The van der Waals surface area contributed by atoms with Crippen LogP contribution in [0.5, 0.6) is 0 Å². The molecule has 0 bridgehead atoms. The Balaban J connectivity index is 0.000000332. The molecule has 10 aromatic rings. The summed E-state index contributed by atoms with van der Waals surface area (Å²) in [4.78, 5) is 44.9. The number of carbonyl (C=O) groups excluding carboxylic acids is 2. The number of para-hydroxylation sites is 2. The zero-order valence-electron chi connectivity index (χ0n) is 49.2. The van der Waals surface area contributed by atoms with Gasteiger partial charge in [-0.3, -0.25) is 24.2 Å². The summed E-state index contributed by atoms with van der Waals surface area (Å²) < 4.78 is 22.0. The number of likely N-dealkylation sites (N-methyl/N-ethyl adjacent to an activating group) is 1. The van der Waals surface area contributed by atoms with E-state index in [1.165, 1.54) is 70.1 Å². The van der Waals surface area contributed by atoms with Gasteiger partial charge < -0.3 is 20.6 Å². The zero-order valence-corrected chi connectivity index (χ0v) is 67.3. The number of nitrogens with zero attached hydrogens (tertiary/aromatic N) is 10. The topological polar surface area (TPSA) is 234 Å². The average Bonchev–Trinajstić information content (AvgIpc) is 4.56. The van der Waals surface area contributed by atoms with Crippen LogP contribution in [0.4, 0.5) is 17.1 Å². The van der Waals surface area contributed by atoms with Gasteiger partial charge in [-0.15, -0.1) is 0 Å². The summed E-state index contributed by atoms with van der Waals surface area (Å²) in [6.45, 7) is 3.18. The molecular formula is C60H58Br3CuIK3N11O8P. The predicted molar refractivity (Wildman–Crippen MR) is 353 cm³/mol. The van der Waals surface area contributed by atoms with Crippen molar-refractivity contribution in [3.8, 4) is 22.7 Å². The van der Waals surface area contributed by atoms with Crippen LogP contribution in [0, 0.1) is 0 Å². The molecule has 1 unspecified atom stereocenters. The molecule has 2 amide bonds. The number of aryl methyl sites for hydroxylation is 4. The minimum atomic E-state index is -3.15. The maximum atomic E-state index is 12.4. The van der Waals surface area contributed by atoms with Gasteiger partial charge in [-0.05, 0) is 166 Å². The van der Waals surface area contributed by atoms with Crippen molar-refractivity contribution in [1.82, 2.24) is 44.0 Å². The number of aromatic nitrogens is 8. The minimum absolute atomic E-state index is 0. The number of carbonyl (C=O) groups is 3. The van der Waals surface area contributed by atoms with E-state index in [0.717, 1.165) is 102 Å². The Bertz CT molecular complexity index is 3620. The summed E-state index contributed by atoms with van der Waals surface area (Å²) in [5, 5.41) is 38.0. The average molecular weight is 1640 g/mol. The Morgan fingerprint density at radius 2 is 0.886 bits per heavy atom. The fraction of sp³-hybridized carbons (Fsp3) is 0.150. The van der Waals surface area contributed by atoms with E-state index in [1.807, 2.05) is 201 Å². The Morgan fingerprint density at radius 1 is 0.568 bits per heavy atom. The summed E-state index contributed by atoms with van der Waals surface area (Å²) in [6, 6.07) is 59.3. The first-order valence-corrected chi connectivity index (χ1v) is 49.1. The third-order valence-electron chi connectivity index (χ3n) is 11.4. The molecule has 4 aromatic heterocycles. The molecule has 0 saturated heterocycles. The standard InChI is InChI=1S/C28H24BrN5O.C20H16Br2N4.C8H9NO.C4H9NO2.Cu.HI.3K.HO4P/c1-21(35)34(25-8-3-2-4-9-25)28-12-6-11-27(20-28)33-18-16-24(31-33)14-13-23-15-17-32(30-23)26-10-5-7-22(29)19-26;21-15-3-1-5-19(13-15)25-11-9-17(23-25)7-8-18-10-12-26(24-18)20-6-2-4-16(22)14-20;1-7(10)9-8-5-3-2-4-6-8;1-5(2)3-4(6)7;;;;;;1-4-5(2)3/h2-12,15-20H,13-14H2,1H3;1-6,9-14H,7-8H2;2-6H,1H3,(H,9,10);3H2,1-2H3,(H,6,7);;1H;;;;1H/q;;;;+1;;;;+1;/p-2. The van der Waals surface area contributed by atoms with Gasteiger partial charge >= 0.3 is 162 Å². The second-order valence-corrected chi connectivity index (χ2v) is 21.5. The Hall–Kier alpha value is -1.89. The predicted octanol–water partition coefficient (Wildman–Crippen LogP) is 8.36. The van der Waals surface area contributed by atoms with E-state index >= 15 is 0 Å². The molecule has 0 spiro atoms. The summed E-state index contributed by atoms with van der Waals surface area (Å²) in [6.07, 6.45) is 11.2. The Labute approximate surface area is 645 Å². The van der Waals surface area contributed by atoms with Crippen LogP contribution >= 0.6 is 76.4 Å². The molecule has 88 heavy (non-hydrogen) atoms. The number of hydrogen-bond acceptors (Lipinski definition) is 12. The molecule has 448 valence electrons.